The summed E-state index contributed by atoms with van der Waals surface area (Å²) in [6.07, 6.45) is 2.68. The fourth-order valence-electron chi connectivity index (χ4n) is 2.62. The van der Waals surface area contributed by atoms with E-state index in [4.69, 9.17) is 4.98 Å². The van der Waals surface area contributed by atoms with Gasteiger partial charge < -0.3 is 10.2 Å². The van der Waals surface area contributed by atoms with Crippen LogP contribution in [-0.2, 0) is 6.54 Å². The van der Waals surface area contributed by atoms with Crippen LogP contribution < -0.4 is 10.2 Å². The van der Waals surface area contributed by atoms with Crippen LogP contribution in [0.4, 0.5) is 5.13 Å². The number of hydrogen-bond donors (Lipinski definition) is 1. The third kappa shape index (κ3) is 3.09. The molecular weight excluding hydrogens is 256 g/mol. The molecule has 1 aliphatic heterocycles. The van der Waals surface area contributed by atoms with Gasteiger partial charge in [0.1, 0.15) is 0 Å². The van der Waals surface area contributed by atoms with Crippen LogP contribution in [0.5, 0.6) is 0 Å². The van der Waals surface area contributed by atoms with Gasteiger partial charge in [-0.2, -0.15) is 0 Å². The summed E-state index contributed by atoms with van der Waals surface area (Å²) in [5.74, 6) is 0. The van der Waals surface area contributed by atoms with Crippen LogP contribution in [0.15, 0.2) is 5.38 Å². The average Bonchev–Trinajstić information content (AvgIpc) is 3.10. The maximum absolute atomic E-state index is 4.79. The van der Waals surface area contributed by atoms with Crippen LogP contribution in [0.3, 0.4) is 0 Å². The number of thiazole rings is 1. The highest BCUT2D eigenvalue weighted by Gasteiger charge is 2.28. The molecule has 106 valence electrons. The van der Waals surface area contributed by atoms with E-state index < -0.39 is 0 Å². The number of likely N-dealkylation sites (N-methyl/N-ethyl adjacent to an activating group) is 1. The summed E-state index contributed by atoms with van der Waals surface area (Å²) < 4.78 is 0. The molecule has 0 radical (unpaired) electrons. The Balaban J connectivity index is 1.61. The maximum Gasteiger partial charge on any atom is 0.185 e. The third-order valence-electron chi connectivity index (χ3n) is 4.32. The van der Waals surface area contributed by atoms with E-state index in [9.17, 15) is 0 Å². The van der Waals surface area contributed by atoms with Crippen molar-refractivity contribution in [1.82, 2.24) is 15.2 Å². The van der Waals surface area contributed by atoms with E-state index in [2.05, 4.69) is 41.4 Å². The lowest BCUT2D eigenvalue weighted by atomic mass is 10.1. The van der Waals surface area contributed by atoms with E-state index in [1.807, 2.05) is 0 Å². The molecule has 0 aromatic carbocycles. The molecule has 1 aromatic rings. The van der Waals surface area contributed by atoms with Crippen molar-refractivity contribution in [2.24, 2.45) is 0 Å². The van der Waals surface area contributed by atoms with Crippen LogP contribution in [-0.4, -0.2) is 48.1 Å². The minimum Gasteiger partial charge on any atom is -0.345 e. The van der Waals surface area contributed by atoms with Gasteiger partial charge in [-0.05, 0) is 33.7 Å². The molecule has 1 saturated carbocycles. The van der Waals surface area contributed by atoms with Crippen LogP contribution in [0.1, 0.15) is 32.4 Å². The second-order valence-corrected chi connectivity index (χ2v) is 6.88. The summed E-state index contributed by atoms with van der Waals surface area (Å²) >= 11 is 1.79. The van der Waals surface area contributed by atoms with Crippen molar-refractivity contribution in [2.45, 2.75) is 51.4 Å². The Bertz CT molecular complexity index is 417. The summed E-state index contributed by atoms with van der Waals surface area (Å²) in [5.41, 5.74) is 1.20. The van der Waals surface area contributed by atoms with Gasteiger partial charge in [-0.3, -0.25) is 4.90 Å². The normalized spacial score (nSPS) is 28.9. The maximum atomic E-state index is 4.79. The zero-order valence-electron chi connectivity index (χ0n) is 12.1. The Morgan fingerprint density at radius 3 is 2.63 bits per heavy atom. The molecule has 2 aliphatic rings. The first-order valence-electron chi connectivity index (χ1n) is 7.28. The standard InChI is InChI=1S/C14H24N4S/c1-10-7-18(8-11(2)17(10)3)14-16-13(9-19-14)6-15-12-4-5-12/h9-12,15H,4-8H2,1-3H3. The van der Waals surface area contributed by atoms with Crippen molar-refractivity contribution < 1.29 is 0 Å². The first-order valence-corrected chi connectivity index (χ1v) is 8.16. The first-order chi connectivity index (χ1) is 9.13. The van der Waals surface area contributed by atoms with Crippen molar-refractivity contribution >= 4 is 16.5 Å². The summed E-state index contributed by atoms with van der Waals surface area (Å²) in [6.45, 7) is 7.70. The van der Waals surface area contributed by atoms with Crippen molar-refractivity contribution in [3.05, 3.63) is 11.1 Å². The van der Waals surface area contributed by atoms with Gasteiger partial charge in [0.15, 0.2) is 5.13 Å². The highest BCUT2D eigenvalue weighted by atomic mass is 32.1. The predicted molar refractivity (Wildman–Crippen MR) is 80.9 cm³/mol. The number of hydrogen-bond acceptors (Lipinski definition) is 5. The Hall–Kier alpha value is -0.650. The predicted octanol–water partition coefficient (Wildman–Crippen LogP) is 1.92. The molecule has 3 rings (SSSR count). The van der Waals surface area contributed by atoms with E-state index in [1.54, 1.807) is 11.3 Å². The van der Waals surface area contributed by atoms with Gasteiger partial charge in [0, 0.05) is 43.1 Å². The Labute approximate surface area is 119 Å². The Kier molecular flexibility index (Phi) is 3.78. The van der Waals surface area contributed by atoms with E-state index in [0.29, 0.717) is 12.1 Å². The van der Waals surface area contributed by atoms with Crippen LogP contribution in [0, 0.1) is 0 Å². The zero-order chi connectivity index (χ0) is 13.4. The van der Waals surface area contributed by atoms with Gasteiger partial charge in [0.25, 0.3) is 0 Å². The largest absolute Gasteiger partial charge is 0.345 e. The van der Waals surface area contributed by atoms with Gasteiger partial charge in [0.05, 0.1) is 5.69 Å². The number of piperazine rings is 1. The molecule has 4 nitrogen and oxygen atoms in total. The smallest absolute Gasteiger partial charge is 0.185 e. The highest BCUT2D eigenvalue weighted by molar-refractivity contribution is 7.13. The molecule has 2 atom stereocenters. The van der Waals surface area contributed by atoms with Crippen molar-refractivity contribution in [1.29, 1.82) is 0 Å². The molecular formula is C14H24N4S. The molecule has 2 unspecified atom stereocenters. The topological polar surface area (TPSA) is 31.4 Å². The van der Waals surface area contributed by atoms with Gasteiger partial charge in [-0.15, -0.1) is 11.3 Å². The van der Waals surface area contributed by atoms with E-state index in [-0.39, 0.29) is 0 Å². The van der Waals surface area contributed by atoms with Gasteiger partial charge in [-0.1, -0.05) is 0 Å². The summed E-state index contributed by atoms with van der Waals surface area (Å²) in [5, 5.41) is 6.93. The van der Waals surface area contributed by atoms with E-state index in [0.717, 1.165) is 25.7 Å². The SMILES string of the molecule is CC1CN(c2nc(CNC3CC3)cs2)CC(C)N1C. The lowest BCUT2D eigenvalue weighted by molar-refractivity contribution is 0.170. The van der Waals surface area contributed by atoms with Gasteiger partial charge >= 0.3 is 0 Å². The number of nitrogens with zero attached hydrogens (tertiary/aromatic N) is 3. The van der Waals surface area contributed by atoms with E-state index in [1.165, 1.54) is 23.7 Å². The molecule has 1 aromatic heterocycles. The van der Waals surface area contributed by atoms with Gasteiger partial charge in [0.2, 0.25) is 0 Å². The lowest BCUT2D eigenvalue weighted by Gasteiger charge is -2.42. The monoisotopic (exact) mass is 280 g/mol. The van der Waals surface area contributed by atoms with Crippen molar-refractivity contribution in [3.63, 3.8) is 0 Å². The molecule has 1 saturated heterocycles. The van der Waals surface area contributed by atoms with Crippen LogP contribution in [0.25, 0.3) is 0 Å². The quantitative estimate of drug-likeness (QED) is 0.913. The first kappa shape index (κ1) is 13.3. The zero-order valence-corrected chi connectivity index (χ0v) is 12.9. The lowest BCUT2D eigenvalue weighted by Crippen LogP contribution is -2.55. The highest BCUT2D eigenvalue weighted by Crippen LogP contribution is 2.26. The Morgan fingerprint density at radius 2 is 2.00 bits per heavy atom. The second-order valence-electron chi connectivity index (χ2n) is 6.05. The van der Waals surface area contributed by atoms with Crippen molar-refractivity contribution in [2.75, 3.05) is 25.0 Å². The second kappa shape index (κ2) is 5.38. The molecule has 0 bridgehead atoms. The average molecular weight is 280 g/mol. The number of aromatic nitrogens is 1. The summed E-state index contributed by atoms with van der Waals surface area (Å²) in [4.78, 5) is 9.69. The molecule has 1 aliphatic carbocycles. The minimum atomic E-state index is 0.598. The molecule has 1 N–H and O–H groups in total. The summed E-state index contributed by atoms with van der Waals surface area (Å²) in [7, 11) is 2.22. The van der Waals surface area contributed by atoms with Gasteiger partial charge in [-0.25, -0.2) is 4.98 Å². The Morgan fingerprint density at radius 1 is 1.32 bits per heavy atom. The number of rotatable bonds is 4. The minimum absolute atomic E-state index is 0.598. The molecule has 0 spiro atoms. The summed E-state index contributed by atoms with van der Waals surface area (Å²) in [6, 6.07) is 1.95. The fourth-order valence-corrected chi connectivity index (χ4v) is 3.47. The molecule has 2 heterocycles. The van der Waals surface area contributed by atoms with Crippen LogP contribution >= 0.6 is 11.3 Å². The van der Waals surface area contributed by atoms with Crippen LogP contribution in [0.2, 0.25) is 0 Å². The van der Waals surface area contributed by atoms with Crippen molar-refractivity contribution in [3.8, 4) is 0 Å². The third-order valence-corrected chi connectivity index (χ3v) is 5.27. The fraction of sp³-hybridized carbons (Fsp3) is 0.786. The molecule has 2 fully saturated rings. The molecule has 0 amide bonds. The molecule has 5 heteroatoms. The van der Waals surface area contributed by atoms with E-state index >= 15 is 0 Å². The molecule has 19 heavy (non-hydrogen) atoms. The number of anilines is 1. The number of nitrogens with one attached hydrogen (secondary N) is 1.